The number of hydrogen-bond donors (Lipinski definition) is 1. The minimum atomic E-state index is -3.25. The third-order valence-electron chi connectivity index (χ3n) is 3.11. The number of sulfone groups is 1. The molecule has 0 amide bonds. The van der Waals surface area contributed by atoms with E-state index < -0.39 is 9.84 Å². The number of ether oxygens (including phenoxy) is 1. The molecule has 1 aromatic carbocycles. The summed E-state index contributed by atoms with van der Waals surface area (Å²) in [6.45, 7) is 2.83. The van der Waals surface area contributed by atoms with Gasteiger partial charge in [-0.3, -0.25) is 0 Å². The van der Waals surface area contributed by atoms with Crippen molar-refractivity contribution in [1.82, 2.24) is 0 Å². The lowest BCUT2D eigenvalue weighted by molar-refractivity contribution is 0.0983. The van der Waals surface area contributed by atoms with Gasteiger partial charge in [0.1, 0.15) is 0 Å². The average molecular weight is 255 g/mol. The summed E-state index contributed by atoms with van der Waals surface area (Å²) in [7, 11) is -3.25. The van der Waals surface area contributed by atoms with Crippen LogP contribution < -0.4 is 5.73 Å². The summed E-state index contributed by atoms with van der Waals surface area (Å²) in [6, 6.07) is 4.95. The lowest BCUT2D eigenvalue weighted by Gasteiger charge is -2.23. The fourth-order valence-corrected chi connectivity index (χ4v) is 4.10. The minimum absolute atomic E-state index is 0.321. The number of rotatable bonds is 2. The van der Waals surface area contributed by atoms with Crippen LogP contribution in [0.5, 0.6) is 0 Å². The number of aryl methyl sites for hydroxylation is 1. The molecule has 0 saturated carbocycles. The zero-order valence-electron chi connectivity index (χ0n) is 9.85. The van der Waals surface area contributed by atoms with Crippen molar-refractivity contribution in [3.8, 4) is 0 Å². The van der Waals surface area contributed by atoms with Crippen molar-refractivity contribution >= 4 is 15.5 Å². The van der Waals surface area contributed by atoms with E-state index in [4.69, 9.17) is 10.5 Å². The molecule has 0 atom stereocenters. The Hall–Kier alpha value is -1.07. The van der Waals surface area contributed by atoms with E-state index in [1.165, 1.54) is 0 Å². The molecular formula is C12H17NO3S. The Kier molecular flexibility index (Phi) is 3.40. The summed E-state index contributed by atoms with van der Waals surface area (Å²) in [5, 5.41) is -0.321. The van der Waals surface area contributed by atoms with Crippen molar-refractivity contribution < 1.29 is 13.2 Å². The van der Waals surface area contributed by atoms with E-state index in [1.54, 1.807) is 25.1 Å². The molecule has 0 spiro atoms. The lowest BCUT2D eigenvalue weighted by atomic mass is 10.2. The molecule has 4 nitrogen and oxygen atoms in total. The zero-order valence-corrected chi connectivity index (χ0v) is 10.7. The highest BCUT2D eigenvalue weighted by molar-refractivity contribution is 7.92. The molecule has 2 N–H and O–H groups in total. The summed E-state index contributed by atoms with van der Waals surface area (Å²) in [5.41, 5.74) is 6.94. The Morgan fingerprint density at radius 3 is 2.53 bits per heavy atom. The van der Waals surface area contributed by atoms with Crippen molar-refractivity contribution in [3.05, 3.63) is 23.8 Å². The highest BCUT2D eigenvalue weighted by Gasteiger charge is 2.30. The second-order valence-electron chi connectivity index (χ2n) is 4.38. The van der Waals surface area contributed by atoms with Crippen LogP contribution in [0.2, 0.25) is 0 Å². The Morgan fingerprint density at radius 2 is 1.94 bits per heavy atom. The summed E-state index contributed by atoms with van der Waals surface area (Å²) < 4.78 is 30.0. The van der Waals surface area contributed by atoms with Gasteiger partial charge in [-0.1, -0.05) is 0 Å². The van der Waals surface area contributed by atoms with Gasteiger partial charge in [-0.15, -0.1) is 0 Å². The fourth-order valence-electron chi connectivity index (χ4n) is 2.16. The number of anilines is 1. The first-order valence-corrected chi connectivity index (χ1v) is 7.24. The average Bonchev–Trinajstić information content (AvgIpc) is 2.29. The predicted octanol–water partition coefficient (Wildman–Crippen LogP) is 1.53. The molecule has 17 heavy (non-hydrogen) atoms. The van der Waals surface area contributed by atoms with Crippen molar-refractivity contribution in [3.63, 3.8) is 0 Å². The maximum absolute atomic E-state index is 12.4. The standard InChI is InChI=1S/C12H17NO3S/c1-9-8-10(13)2-3-12(9)17(14,15)11-4-6-16-7-5-11/h2-3,8,11H,4-7,13H2,1H3. The van der Waals surface area contributed by atoms with E-state index in [0.717, 1.165) is 5.56 Å². The highest BCUT2D eigenvalue weighted by atomic mass is 32.2. The van der Waals surface area contributed by atoms with Gasteiger partial charge in [0.15, 0.2) is 9.84 Å². The van der Waals surface area contributed by atoms with Crippen LogP contribution in [0, 0.1) is 6.92 Å². The van der Waals surface area contributed by atoms with Crippen LogP contribution in [0.4, 0.5) is 5.69 Å². The first-order chi connectivity index (χ1) is 8.01. The second-order valence-corrected chi connectivity index (χ2v) is 6.58. The molecule has 2 rings (SSSR count). The predicted molar refractivity (Wildman–Crippen MR) is 66.6 cm³/mol. The van der Waals surface area contributed by atoms with Crippen LogP contribution in [-0.2, 0) is 14.6 Å². The normalized spacial score (nSPS) is 18.2. The van der Waals surface area contributed by atoms with Crippen LogP contribution in [0.3, 0.4) is 0 Å². The van der Waals surface area contributed by atoms with Crippen LogP contribution in [-0.4, -0.2) is 26.9 Å². The maximum atomic E-state index is 12.4. The maximum Gasteiger partial charge on any atom is 0.181 e. The van der Waals surface area contributed by atoms with Crippen molar-refractivity contribution in [2.75, 3.05) is 18.9 Å². The lowest BCUT2D eigenvalue weighted by Crippen LogP contribution is -2.29. The van der Waals surface area contributed by atoms with Gasteiger partial charge in [0.2, 0.25) is 0 Å². The highest BCUT2D eigenvalue weighted by Crippen LogP contribution is 2.26. The van der Waals surface area contributed by atoms with E-state index in [1.807, 2.05) is 0 Å². The summed E-state index contributed by atoms with van der Waals surface area (Å²) in [6.07, 6.45) is 1.15. The Labute approximate surface area is 102 Å². The monoisotopic (exact) mass is 255 g/mol. The quantitative estimate of drug-likeness (QED) is 0.814. The Balaban J connectivity index is 2.37. The van der Waals surface area contributed by atoms with Gasteiger partial charge in [0.25, 0.3) is 0 Å². The molecule has 1 fully saturated rings. The molecule has 94 valence electrons. The van der Waals surface area contributed by atoms with Crippen LogP contribution in [0.15, 0.2) is 23.1 Å². The summed E-state index contributed by atoms with van der Waals surface area (Å²) in [5.74, 6) is 0. The van der Waals surface area contributed by atoms with Gasteiger partial charge in [-0.25, -0.2) is 8.42 Å². The van der Waals surface area contributed by atoms with Gasteiger partial charge in [-0.2, -0.15) is 0 Å². The van der Waals surface area contributed by atoms with Crippen LogP contribution in [0.25, 0.3) is 0 Å². The van der Waals surface area contributed by atoms with E-state index in [2.05, 4.69) is 0 Å². The van der Waals surface area contributed by atoms with Gasteiger partial charge < -0.3 is 10.5 Å². The fraction of sp³-hybridized carbons (Fsp3) is 0.500. The molecule has 0 radical (unpaired) electrons. The zero-order chi connectivity index (χ0) is 12.5. The number of benzene rings is 1. The minimum Gasteiger partial charge on any atom is -0.399 e. The van der Waals surface area contributed by atoms with E-state index in [0.29, 0.717) is 36.6 Å². The number of hydrogen-bond acceptors (Lipinski definition) is 4. The molecule has 0 aliphatic carbocycles. The summed E-state index contributed by atoms with van der Waals surface area (Å²) in [4.78, 5) is 0.401. The van der Waals surface area contributed by atoms with Crippen molar-refractivity contribution in [2.24, 2.45) is 0 Å². The molecular weight excluding hydrogens is 238 g/mol. The molecule has 0 unspecified atom stereocenters. The van der Waals surface area contributed by atoms with E-state index in [9.17, 15) is 8.42 Å². The van der Waals surface area contributed by atoms with E-state index >= 15 is 0 Å². The van der Waals surface area contributed by atoms with E-state index in [-0.39, 0.29) is 5.25 Å². The first-order valence-electron chi connectivity index (χ1n) is 5.69. The molecule has 1 saturated heterocycles. The third-order valence-corrected chi connectivity index (χ3v) is 5.53. The van der Waals surface area contributed by atoms with Crippen molar-refractivity contribution in [1.29, 1.82) is 0 Å². The largest absolute Gasteiger partial charge is 0.399 e. The molecule has 1 aliphatic heterocycles. The smallest absolute Gasteiger partial charge is 0.181 e. The molecule has 0 aromatic heterocycles. The van der Waals surface area contributed by atoms with Gasteiger partial charge in [0.05, 0.1) is 10.1 Å². The van der Waals surface area contributed by atoms with Gasteiger partial charge >= 0.3 is 0 Å². The molecule has 1 aromatic rings. The van der Waals surface area contributed by atoms with Crippen LogP contribution in [0.1, 0.15) is 18.4 Å². The molecule has 1 aliphatic rings. The molecule has 5 heteroatoms. The Morgan fingerprint density at radius 1 is 1.29 bits per heavy atom. The molecule has 0 bridgehead atoms. The SMILES string of the molecule is Cc1cc(N)ccc1S(=O)(=O)C1CCOCC1. The van der Waals surface area contributed by atoms with Gasteiger partial charge in [-0.05, 0) is 43.5 Å². The molecule has 1 heterocycles. The topological polar surface area (TPSA) is 69.4 Å². The summed E-state index contributed by atoms with van der Waals surface area (Å²) >= 11 is 0. The van der Waals surface area contributed by atoms with Crippen LogP contribution >= 0.6 is 0 Å². The van der Waals surface area contributed by atoms with Crippen molar-refractivity contribution in [2.45, 2.75) is 29.9 Å². The third kappa shape index (κ3) is 2.45. The number of nitrogens with two attached hydrogens (primary N) is 1. The first kappa shape index (κ1) is 12.4. The second kappa shape index (κ2) is 4.66. The Bertz CT molecular complexity index is 504. The van der Waals surface area contributed by atoms with Gasteiger partial charge in [0, 0.05) is 18.9 Å². The number of nitrogen functional groups attached to an aromatic ring is 1.